The Bertz CT molecular complexity index is 666. The van der Waals surface area contributed by atoms with Crippen molar-refractivity contribution in [1.82, 2.24) is 10.2 Å². The quantitative estimate of drug-likeness (QED) is 0.830. The minimum absolute atomic E-state index is 0. The number of nitrogens with one attached hydrogen (secondary N) is 1. The molecule has 1 heterocycles. The van der Waals surface area contributed by atoms with Gasteiger partial charge in [-0.15, -0.1) is 12.4 Å². The Morgan fingerprint density at radius 1 is 1.29 bits per heavy atom. The lowest BCUT2D eigenvalue weighted by Gasteiger charge is -2.18. The Kier molecular flexibility index (Phi) is 7.25. The van der Waals surface area contributed by atoms with Gasteiger partial charge in [0.1, 0.15) is 11.3 Å². The molecule has 0 spiro atoms. The van der Waals surface area contributed by atoms with Crippen molar-refractivity contribution in [1.29, 1.82) is 0 Å². The second kappa shape index (κ2) is 8.70. The van der Waals surface area contributed by atoms with Crippen LogP contribution in [0.1, 0.15) is 19.6 Å². The van der Waals surface area contributed by atoms with Crippen LogP contribution in [-0.2, 0) is 16.1 Å². The molecule has 0 unspecified atom stereocenters. The van der Waals surface area contributed by atoms with Crippen molar-refractivity contribution < 1.29 is 14.0 Å². The van der Waals surface area contributed by atoms with Gasteiger partial charge in [0, 0.05) is 12.4 Å². The Labute approximate surface area is 147 Å². The molecule has 0 saturated carbocycles. The maximum absolute atomic E-state index is 12.1. The highest BCUT2D eigenvalue weighted by Gasteiger charge is 2.19. The Balaban J connectivity index is 0.00000288. The maximum atomic E-state index is 12.1. The fraction of sp³-hybridized carbons (Fsp3) is 0.412. The summed E-state index contributed by atoms with van der Waals surface area (Å²) in [6.07, 6.45) is 0. The summed E-state index contributed by atoms with van der Waals surface area (Å²) < 4.78 is 5.68. The topological polar surface area (TPSA) is 88.6 Å². The molecule has 0 bridgehead atoms. The normalized spacial score (nSPS) is 11.9. The lowest BCUT2D eigenvalue weighted by atomic mass is 10.1. The van der Waals surface area contributed by atoms with E-state index in [1.165, 1.54) is 4.90 Å². The molecule has 6 nitrogen and oxygen atoms in total. The fourth-order valence-corrected chi connectivity index (χ4v) is 2.15. The van der Waals surface area contributed by atoms with E-state index in [9.17, 15) is 9.59 Å². The average molecular weight is 354 g/mol. The number of carbonyl (C=O) groups excluding carboxylic acids is 2. The van der Waals surface area contributed by atoms with Gasteiger partial charge in [0.25, 0.3) is 0 Å². The van der Waals surface area contributed by atoms with Gasteiger partial charge in [-0.25, -0.2) is 0 Å². The van der Waals surface area contributed by atoms with Crippen LogP contribution in [-0.4, -0.2) is 36.3 Å². The number of carbonyl (C=O) groups is 2. The monoisotopic (exact) mass is 353 g/mol. The third-order valence-corrected chi connectivity index (χ3v) is 3.73. The van der Waals surface area contributed by atoms with E-state index in [1.807, 2.05) is 44.2 Å². The number of likely N-dealkylation sites (N-methyl/N-ethyl adjacent to an activating group) is 1. The standard InChI is InChI=1S/C17H23N3O3.ClH/c1-11(2)16(18)17(22)19-9-15(21)20(3)10-13-8-12-6-4-5-7-14(12)23-13;/h4-8,11,16H,9-10,18H2,1-3H3,(H,19,22);1H/t16-;/m0./s1. The molecule has 0 aliphatic carbocycles. The summed E-state index contributed by atoms with van der Waals surface area (Å²) in [5.74, 6) is 0.214. The summed E-state index contributed by atoms with van der Waals surface area (Å²) in [4.78, 5) is 25.4. The summed E-state index contributed by atoms with van der Waals surface area (Å²) in [6.45, 7) is 4.00. The van der Waals surface area contributed by atoms with Crippen LogP contribution in [0.25, 0.3) is 11.0 Å². The second-order valence-electron chi connectivity index (χ2n) is 5.99. The molecule has 0 radical (unpaired) electrons. The minimum atomic E-state index is -0.608. The summed E-state index contributed by atoms with van der Waals surface area (Å²) in [5, 5.41) is 3.57. The van der Waals surface area contributed by atoms with Gasteiger partial charge in [0.2, 0.25) is 11.8 Å². The van der Waals surface area contributed by atoms with Gasteiger partial charge in [-0.2, -0.15) is 0 Å². The molecule has 1 atom stereocenters. The first-order chi connectivity index (χ1) is 10.9. The molecule has 1 aromatic carbocycles. The first-order valence-electron chi connectivity index (χ1n) is 7.63. The summed E-state index contributed by atoms with van der Waals surface area (Å²) in [6, 6.07) is 8.98. The number of nitrogens with two attached hydrogens (primary N) is 1. The fourth-order valence-electron chi connectivity index (χ4n) is 2.15. The van der Waals surface area contributed by atoms with Gasteiger partial charge in [0.05, 0.1) is 19.1 Å². The molecule has 0 aliphatic rings. The third-order valence-electron chi connectivity index (χ3n) is 3.73. The molecular weight excluding hydrogens is 330 g/mol. The van der Waals surface area contributed by atoms with Gasteiger partial charge in [0.15, 0.2) is 0 Å². The number of hydrogen-bond acceptors (Lipinski definition) is 4. The first-order valence-corrected chi connectivity index (χ1v) is 7.63. The number of rotatable bonds is 6. The molecule has 132 valence electrons. The summed E-state index contributed by atoms with van der Waals surface area (Å²) >= 11 is 0. The molecule has 0 aliphatic heterocycles. The van der Waals surface area contributed by atoms with Crippen LogP contribution in [0.4, 0.5) is 0 Å². The summed E-state index contributed by atoms with van der Waals surface area (Å²) in [5.41, 5.74) is 6.53. The van der Waals surface area contributed by atoms with Crippen LogP contribution < -0.4 is 11.1 Å². The van der Waals surface area contributed by atoms with E-state index in [0.717, 1.165) is 11.0 Å². The van der Waals surface area contributed by atoms with Gasteiger partial charge >= 0.3 is 0 Å². The lowest BCUT2D eigenvalue weighted by Crippen LogP contribution is -2.47. The van der Waals surface area contributed by atoms with Crippen LogP contribution in [0.15, 0.2) is 34.7 Å². The van der Waals surface area contributed by atoms with E-state index in [0.29, 0.717) is 12.3 Å². The molecule has 24 heavy (non-hydrogen) atoms. The highest BCUT2D eigenvalue weighted by Crippen LogP contribution is 2.19. The van der Waals surface area contributed by atoms with Crippen molar-refractivity contribution in [3.05, 3.63) is 36.1 Å². The maximum Gasteiger partial charge on any atom is 0.242 e. The first kappa shape index (κ1) is 20.0. The number of amides is 2. The van der Waals surface area contributed by atoms with Crippen LogP contribution >= 0.6 is 12.4 Å². The minimum Gasteiger partial charge on any atom is -0.459 e. The van der Waals surface area contributed by atoms with Crippen molar-refractivity contribution in [3.8, 4) is 0 Å². The average Bonchev–Trinajstić information content (AvgIpc) is 2.93. The number of furan rings is 1. The second-order valence-corrected chi connectivity index (χ2v) is 5.99. The largest absolute Gasteiger partial charge is 0.459 e. The van der Waals surface area contributed by atoms with Crippen molar-refractivity contribution in [3.63, 3.8) is 0 Å². The smallest absolute Gasteiger partial charge is 0.242 e. The molecule has 3 N–H and O–H groups in total. The van der Waals surface area contributed by atoms with E-state index < -0.39 is 6.04 Å². The molecule has 7 heteroatoms. The third kappa shape index (κ3) is 4.97. The molecule has 0 fully saturated rings. The molecule has 2 amide bonds. The van der Waals surface area contributed by atoms with Crippen molar-refractivity contribution in [2.75, 3.05) is 13.6 Å². The number of benzene rings is 1. The number of hydrogen-bond donors (Lipinski definition) is 2. The van der Waals surface area contributed by atoms with Crippen LogP contribution in [0.3, 0.4) is 0 Å². The number of para-hydroxylation sites is 1. The Morgan fingerprint density at radius 3 is 2.58 bits per heavy atom. The van der Waals surface area contributed by atoms with E-state index in [1.54, 1.807) is 7.05 Å². The summed E-state index contributed by atoms with van der Waals surface area (Å²) in [7, 11) is 1.67. The predicted molar refractivity (Wildman–Crippen MR) is 95.8 cm³/mol. The molecule has 1 aromatic heterocycles. The number of fused-ring (bicyclic) bond motifs is 1. The van der Waals surface area contributed by atoms with E-state index >= 15 is 0 Å². The van der Waals surface area contributed by atoms with Gasteiger partial charge in [-0.3, -0.25) is 9.59 Å². The SMILES string of the molecule is CC(C)[C@H](N)C(=O)NCC(=O)N(C)Cc1cc2ccccc2o1.Cl. The molecule has 0 saturated heterocycles. The highest BCUT2D eigenvalue weighted by atomic mass is 35.5. The van der Waals surface area contributed by atoms with Crippen LogP contribution in [0.5, 0.6) is 0 Å². The Morgan fingerprint density at radius 2 is 1.96 bits per heavy atom. The number of nitrogens with zero attached hydrogens (tertiary/aromatic N) is 1. The lowest BCUT2D eigenvalue weighted by molar-refractivity contribution is -0.132. The molecule has 2 rings (SSSR count). The molecule has 2 aromatic rings. The predicted octanol–water partition coefficient (Wildman–Crippen LogP) is 1.91. The molecular formula is C17H24ClN3O3. The zero-order valence-corrected chi connectivity index (χ0v) is 14.9. The van der Waals surface area contributed by atoms with E-state index in [4.69, 9.17) is 10.2 Å². The Hall–Kier alpha value is -2.05. The van der Waals surface area contributed by atoms with Gasteiger partial charge in [-0.05, 0) is 18.1 Å². The van der Waals surface area contributed by atoms with Gasteiger partial charge in [-0.1, -0.05) is 32.0 Å². The number of halogens is 1. The van der Waals surface area contributed by atoms with E-state index in [-0.39, 0.29) is 36.7 Å². The van der Waals surface area contributed by atoms with Crippen LogP contribution in [0, 0.1) is 5.92 Å². The van der Waals surface area contributed by atoms with E-state index in [2.05, 4.69) is 5.32 Å². The van der Waals surface area contributed by atoms with Crippen molar-refractivity contribution in [2.45, 2.75) is 26.4 Å². The van der Waals surface area contributed by atoms with Crippen LogP contribution in [0.2, 0.25) is 0 Å². The zero-order chi connectivity index (χ0) is 17.0. The van der Waals surface area contributed by atoms with Gasteiger partial charge < -0.3 is 20.4 Å². The van der Waals surface area contributed by atoms with Crippen molar-refractivity contribution in [2.24, 2.45) is 11.7 Å². The zero-order valence-electron chi connectivity index (χ0n) is 14.1. The van der Waals surface area contributed by atoms with Crippen molar-refractivity contribution >= 4 is 35.2 Å². The highest BCUT2D eigenvalue weighted by molar-refractivity contribution is 5.87.